The Labute approximate surface area is 190 Å². The lowest BCUT2D eigenvalue weighted by Gasteiger charge is -2.55. The minimum Gasteiger partial charge on any atom is -0.459 e. The normalized spacial score (nSPS) is 18.2. The van der Waals surface area contributed by atoms with Gasteiger partial charge in [-0.05, 0) is 74.0 Å². The van der Waals surface area contributed by atoms with Gasteiger partial charge in [0.15, 0.2) is 5.76 Å². The van der Waals surface area contributed by atoms with E-state index in [0.29, 0.717) is 11.2 Å². The summed E-state index contributed by atoms with van der Waals surface area (Å²) in [7, 11) is 0. The summed E-state index contributed by atoms with van der Waals surface area (Å²) >= 11 is 0. The molecule has 1 saturated heterocycles. The van der Waals surface area contributed by atoms with E-state index in [1.165, 1.54) is 18.4 Å². The Morgan fingerprint density at radius 2 is 1.58 bits per heavy atom. The van der Waals surface area contributed by atoms with Crippen molar-refractivity contribution in [3.8, 4) is 0 Å². The number of nitrogens with zero attached hydrogens (tertiary/aromatic N) is 2. The third-order valence-electron chi connectivity index (χ3n) is 6.85. The van der Waals surface area contributed by atoms with Crippen LogP contribution in [0.2, 0.25) is 0 Å². The highest BCUT2D eigenvalue weighted by Gasteiger charge is 2.49. The molecule has 2 aliphatic rings. The van der Waals surface area contributed by atoms with Crippen molar-refractivity contribution in [3.05, 3.63) is 90.4 Å². The molecule has 0 radical (unpaired) electrons. The van der Waals surface area contributed by atoms with Crippen LogP contribution in [0.15, 0.2) is 83.5 Å². The number of carbonyl (C=O) groups is 1. The van der Waals surface area contributed by atoms with Gasteiger partial charge in [-0.2, -0.15) is 0 Å². The molecule has 1 aromatic heterocycles. The predicted molar refractivity (Wildman–Crippen MR) is 126 cm³/mol. The topological polar surface area (TPSA) is 36.7 Å². The second-order valence-electron chi connectivity index (χ2n) is 8.81. The number of piperidine rings is 1. The van der Waals surface area contributed by atoms with Gasteiger partial charge in [0.2, 0.25) is 0 Å². The first kappa shape index (κ1) is 21.7. The van der Waals surface area contributed by atoms with Crippen molar-refractivity contribution in [2.75, 3.05) is 18.0 Å². The van der Waals surface area contributed by atoms with E-state index in [0.717, 1.165) is 38.2 Å². The molecule has 0 unspecified atom stereocenters. The quantitative estimate of drug-likeness (QED) is 0.507. The molecule has 0 N–H and O–H groups in total. The van der Waals surface area contributed by atoms with Crippen LogP contribution in [-0.2, 0) is 6.54 Å². The van der Waals surface area contributed by atoms with Crippen molar-refractivity contribution in [1.82, 2.24) is 4.90 Å². The van der Waals surface area contributed by atoms with Crippen LogP contribution in [0.1, 0.15) is 41.8 Å². The maximum Gasteiger partial charge on any atom is 0.294 e. The van der Waals surface area contributed by atoms with Gasteiger partial charge in [0.25, 0.3) is 5.91 Å². The molecule has 2 aromatic carbocycles. The van der Waals surface area contributed by atoms with Crippen molar-refractivity contribution in [2.24, 2.45) is 5.41 Å². The fourth-order valence-corrected chi connectivity index (χ4v) is 5.16. The number of anilines is 1. The van der Waals surface area contributed by atoms with Gasteiger partial charge < -0.3 is 9.32 Å². The van der Waals surface area contributed by atoms with Crippen LogP contribution in [0.4, 0.5) is 5.69 Å². The highest BCUT2D eigenvalue weighted by atomic mass is 35.5. The number of rotatable bonds is 5. The van der Waals surface area contributed by atoms with Gasteiger partial charge in [-0.3, -0.25) is 9.69 Å². The average Bonchev–Trinajstić information content (AvgIpc) is 3.30. The fourth-order valence-electron chi connectivity index (χ4n) is 5.16. The Bertz CT molecular complexity index is 959. The molecule has 0 atom stereocenters. The number of furan rings is 1. The van der Waals surface area contributed by atoms with E-state index in [-0.39, 0.29) is 24.4 Å². The standard InChI is InChI=1S/C26H28N2O2.ClH/c29-25(24-12-7-17-30-24)28(22-10-5-2-6-11-22)23-18-26(19-23)13-15-27(16-14-26)20-21-8-3-1-4-9-21;/h1-12,17,23H,13-16,18-20H2;1H. The maximum atomic E-state index is 13.2. The Hall–Kier alpha value is -2.56. The molecule has 4 nitrogen and oxygen atoms in total. The molecule has 2 heterocycles. The van der Waals surface area contributed by atoms with Crippen molar-refractivity contribution < 1.29 is 9.21 Å². The minimum absolute atomic E-state index is 0. The van der Waals surface area contributed by atoms with Crippen LogP contribution in [0.5, 0.6) is 0 Å². The smallest absolute Gasteiger partial charge is 0.294 e. The highest BCUT2D eigenvalue weighted by Crippen LogP contribution is 2.52. The van der Waals surface area contributed by atoms with Crippen LogP contribution >= 0.6 is 12.4 Å². The fraction of sp³-hybridized carbons (Fsp3) is 0.346. The molecule has 0 bridgehead atoms. The molecule has 162 valence electrons. The molecule has 3 aromatic rings. The van der Waals surface area contributed by atoms with Gasteiger partial charge in [-0.15, -0.1) is 12.4 Å². The van der Waals surface area contributed by atoms with Gasteiger partial charge in [-0.25, -0.2) is 0 Å². The molecular formula is C26H29ClN2O2. The Morgan fingerprint density at radius 1 is 0.935 bits per heavy atom. The summed E-state index contributed by atoms with van der Waals surface area (Å²) in [6.07, 6.45) is 6.16. The number of hydrogen-bond acceptors (Lipinski definition) is 3. The molecule has 1 amide bonds. The Kier molecular flexibility index (Phi) is 6.49. The first-order valence-electron chi connectivity index (χ1n) is 10.9. The van der Waals surface area contributed by atoms with E-state index in [1.54, 1.807) is 18.4 Å². The highest BCUT2D eigenvalue weighted by molar-refractivity contribution is 6.04. The van der Waals surface area contributed by atoms with Crippen LogP contribution in [-0.4, -0.2) is 29.9 Å². The number of hydrogen-bond donors (Lipinski definition) is 0. The van der Waals surface area contributed by atoms with Gasteiger partial charge in [0.1, 0.15) is 0 Å². The van der Waals surface area contributed by atoms with E-state index in [4.69, 9.17) is 4.42 Å². The predicted octanol–water partition coefficient (Wildman–Crippen LogP) is 5.79. The van der Waals surface area contributed by atoms with E-state index in [1.807, 2.05) is 35.2 Å². The summed E-state index contributed by atoms with van der Waals surface area (Å²) < 4.78 is 5.43. The SMILES string of the molecule is Cl.O=C(c1ccco1)N(c1ccccc1)C1CC2(CCN(Cc3ccccc3)CC2)C1. The number of likely N-dealkylation sites (tertiary alicyclic amines) is 1. The van der Waals surface area contributed by atoms with Crippen molar-refractivity contribution in [2.45, 2.75) is 38.3 Å². The van der Waals surface area contributed by atoms with Crippen molar-refractivity contribution in [3.63, 3.8) is 0 Å². The van der Waals surface area contributed by atoms with Gasteiger partial charge >= 0.3 is 0 Å². The summed E-state index contributed by atoms with van der Waals surface area (Å²) in [5, 5.41) is 0. The summed E-state index contributed by atoms with van der Waals surface area (Å²) in [5.41, 5.74) is 2.73. The van der Waals surface area contributed by atoms with E-state index >= 15 is 0 Å². The zero-order valence-corrected chi connectivity index (χ0v) is 18.5. The van der Waals surface area contributed by atoms with Gasteiger partial charge in [0.05, 0.1) is 6.26 Å². The van der Waals surface area contributed by atoms with Crippen LogP contribution in [0.3, 0.4) is 0 Å². The van der Waals surface area contributed by atoms with Crippen LogP contribution in [0.25, 0.3) is 0 Å². The van der Waals surface area contributed by atoms with E-state index in [9.17, 15) is 4.79 Å². The van der Waals surface area contributed by atoms with E-state index < -0.39 is 0 Å². The molecule has 1 saturated carbocycles. The Balaban J connectivity index is 0.00000231. The molecule has 1 spiro atoms. The van der Waals surface area contributed by atoms with Crippen LogP contribution in [0, 0.1) is 5.41 Å². The first-order valence-corrected chi connectivity index (χ1v) is 10.9. The molecule has 5 rings (SSSR count). The number of carbonyl (C=O) groups excluding carboxylic acids is 1. The third-order valence-corrected chi connectivity index (χ3v) is 6.85. The number of benzene rings is 2. The lowest BCUT2D eigenvalue weighted by Crippen LogP contribution is -2.56. The van der Waals surface area contributed by atoms with Gasteiger partial charge in [0, 0.05) is 18.3 Å². The molecular weight excluding hydrogens is 408 g/mol. The zero-order chi connectivity index (χ0) is 20.4. The molecule has 5 heteroatoms. The molecule has 1 aliphatic heterocycles. The number of halogens is 1. The molecule has 31 heavy (non-hydrogen) atoms. The third kappa shape index (κ3) is 4.56. The summed E-state index contributed by atoms with van der Waals surface area (Å²) in [4.78, 5) is 17.7. The summed E-state index contributed by atoms with van der Waals surface area (Å²) in [6, 6.07) is 24.5. The monoisotopic (exact) mass is 436 g/mol. The molecule has 2 fully saturated rings. The second-order valence-corrected chi connectivity index (χ2v) is 8.81. The number of para-hydroxylation sites is 1. The minimum atomic E-state index is -0.0347. The average molecular weight is 437 g/mol. The summed E-state index contributed by atoms with van der Waals surface area (Å²) in [5.74, 6) is 0.380. The first-order chi connectivity index (χ1) is 14.7. The Morgan fingerprint density at radius 3 is 2.19 bits per heavy atom. The lowest BCUT2D eigenvalue weighted by atomic mass is 9.60. The molecule has 1 aliphatic carbocycles. The largest absolute Gasteiger partial charge is 0.459 e. The van der Waals surface area contributed by atoms with Gasteiger partial charge in [-0.1, -0.05) is 48.5 Å². The van der Waals surface area contributed by atoms with Crippen molar-refractivity contribution >= 4 is 24.0 Å². The van der Waals surface area contributed by atoms with Crippen molar-refractivity contribution in [1.29, 1.82) is 0 Å². The second kappa shape index (κ2) is 9.29. The summed E-state index contributed by atoms with van der Waals surface area (Å²) in [6.45, 7) is 3.31. The lowest BCUT2D eigenvalue weighted by molar-refractivity contribution is 0.0126. The number of amides is 1. The maximum absolute atomic E-state index is 13.2. The zero-order valence-electron chi connectivity index (χ0n) is 17.7. The van der Waals surface area contributed by atoms with Crippen LogP contribution < -0.4 is 4.90 Å². The van der Waals surface area contributed by atoms with E-state index in [2.05, 4.69) is 35.2 Å².